The number of nitrogens with zero attached hydrogens (tertiary/aromatic N) is 1. The van der Waals surface area contributed by atoms with E-state index in [2.05, 4.69) is 11.9 Å². The topological polar surface area (TPSA) is 70.0 Å². The molecule has 2 saturated carbocycles. The Kier molecular flexibility index (Phi) is 1.82. The van der Waals surface area contributed by atoms with Gasteiger partial charge in [-0.15, -0.1) is 0 Å². The third-order valence-corrected chi connectivity index (χ3v) is 7.38. The number of carbonyl (C=O) groups excluding carboxylic acids is 1. The Balaban J connectivity index is 1.74. The summed E-state index contributed by atoms with van der Waals surface area (Å²) >= 11 is 0. The molecular weight excluding hydrogens is 294 g/mol. The van der Waals surface area contributed by atoms with Gasteiger partial charge in [0.15, 0.2) is 23.4 Å². The number of ketones is 1. The largest absolute Gasteiger partial charge is 0.504 e. The molecule has 3 fully saturated rings. The molecule has 5 atom stereocenters. The number of likely N-dealkylation sites (tertiary alicyclic amines) is 1. The summed E-state index contributed by atoms with van der Waals surface area (Å²) in [5, 5.41) is 22.1. The third kappa shape index (κ3) is 1.02. The monoisotopic (exact) mass is 313 g/mol. The number of rotatable bonds is 0. The molecule has 2 spiro atoms. The average molecular weight is 313 g/mol. The number of phenols is 1. The smallest absolute Gasteiger partial charge is 0.174 e. The molecule has 1 unspecified atom stereocenters. The maximum atomic E-state index is 12.6. The van der Waals surface area contributed by atoms with Gasteiger partial charge in [-0.25, -0.2) is 0 Å². The van der Waals surface area contributed by atoms with E-state index in [9.17, 15) is 15.0 Å². The summed E-state index contributed by atoms with van der Waals surface area (Å²) in [4.78, 5) is 14.9. The van der Waals surface area contributed by atoms with E-state index in [4.69, 9.17) is 4.74 Å². The Labute approximate surface area is 133 Å². The van der Waals surface area contributed by atoms with Gasteiger partial charge in [0.1, 0.15) is 0 Å². The van der Waals surface area contributed by atoms with Crippen molar-refractivity contribution in [2.24, 2.45) is 5.41 Å². The van der Waals surface area contributed by atoms with E-state index < -0.39 is 17.1 Å². The Hall–Kier alpha value is -1.59. The van der Waals surface area contributed by atoms with Gasteiger partial charge in [-0.1, -0.05) is 6.07 Å². The predicted molar refractivity (Wildman–Crippen MR) is 80.6 cm³/mol. The van der Waals surface area contributed by atoms with Gasteiger partial charge >= 0.3 is 0 Å². The van der Waals surface area contributed by atoms with Crippen LogP contribution in [0.15, 0.2) is 12.1 Å². The van der Waals surface area contributed by atoms with E-state index >= 15 is 0 Å². The van der Waals surface area contributed by atoms with Crippen molar-refractivity contribution in [3.63, 3.8) is 0 Å². The number of Topliss-reactive ketones (excluding diaryl/α,β-unsaturated/α-hetero) is 1. The van der Waals surface area contributed by atoms with Crippen LogP contribution in [0.3, 0.4) is 0 Å². The van der Waals surface area contributed by atoms with Crippen LogP contribution in [0, 0.1) is 5.41 Å². The molecule has 120 valence electrons. The van der Waals surface area contributed by atoms with E-state index in [1.54, 1.807) is 6.07 Å². The number of aliphatic hydroxyl groups is 1. The average Bonchev–Trinajstić information content (AvgIpc) is 2.91. The fourth-order valence-electron chi connectivity index (χ4n) is 7.09. The molecule has 0 amide bonds. The minimum atomic E-state index is -0.942. The summed E-state index contributed by atoms with van der Waals surface area (Å²) in [6.45, 7) is 0.957. The molecule has 5 heteroatoms. The standard InChI is InChI=1S/C18H19NO4/c1-19-8-16-6-9-2-3-10(20)13-12(9)17(7-16)14(23-13)11(21)4-5-18(17,22)15(16)19/h2-3,14-15,20,22H,4-8H2,1H3/t14-,15?,16-,17-,18+/m0/s1. The number of hydrogen-bond donors (Lipinski definition) is 2. The molecule has 6 rings (SSSR count). The molecular formula is C18H19NO4. The highest BCUT2D eigenvalue weighted by Crippen LogP contribution is 2.74. The van der Waals surface area contributed by atoms with E-state index in [0.717, 1.165) is 30.5 Å². The molecule has 2 aliphatic heterocycles. The second-order valence-electron chi connectivity index (χ2n) is 8.34. The fourth-order valence-corrected chi connectivity index (χ4v) is 7.09. The van der Waals surface area contributed by atoms with Crippen molar-refractivity contribution in [3.05, 3.63) is 23.3 Å². The minimum absolute atomic E-state index is 0.0430. The minimum Gasteiger partial charge on any atom is -0.504 e. The van der Waals surface area contributed by atoms with Gasteiger partial charge in [-0.05, 0) is 37.9 Å². The first-order valence-corrected chi connectivity index (χ1v) is 8.40. The molecule has 1 aromatic carbocycles. The van der Waals surface area contributed by atoms with Crippen molar-refractivity contribution in [3.8, 4) is 11.5 Å². The first-order chi connectivity index (χ1) is 10.9. The van der Waals surface area contributed by atoms with Gasteiger partial charge in [0, 0.05) is 30.0 Å². The van der Waals surface area contributed by atoms with Crippen molar-refractivity contribution in [1.29, 1.82) is 0 Å². The third-order valence-electron chi connectivity index (χ3n) is 7.38. The fraction of sp³-hybridized carbons (Fsp3) is 0.611. The quantitative estimate of drug-likeness (QED) is 0.739. The molecule has 2 N–H and O–H groups in total. The van der Waals surface area contributed by atoms with Crippen LogP contribution in [0.2, 0.25) is 0 Å². The van der Waals surface area contributed by atoms with Crippen LogP contribution in [0.1, 0.15) is 30.4 Å². The summed E-state index contributed by atoms with van der Waals surface area (Å²) in [6.07, 6.45) is 1.91. The lowest BCUT2D eigenvalue weighted by atomic mass is 9.57. The van der Waals surface area contributed by atoms with Gasteiger partial charge in [0.2, 0.25) is 0 Å². The van der Waals surface area contributed by atoms with Gasteiger partial charge < -0.3 is 14.9 Å². The van der Waals surface area contributed by atoms with Crippen molar-refractivity contribution in [1.82, 2.24) is 4.90 Å². The van der Waals surface area contributed by atoms with Crippen LogP contribution in [0.4, 0.5) is 0 Å². The summed E-state index contributed by atoms with van der Waals surface area (Å²) in [5.41, 5.74) is 0.505. The van der Waals surface area contributed by atoms with E-state index in [0.29, 0.717) is 18.6 Å². The number of benzene rings is 1. The summed E-state index contributed by atoms with van der Waals surface area (Å²) in [7, 11) is 2.06. The lowest BCUT2D eigenvalue weighted by Crippen LogP contribution is -2.71. The van der Waals surface area contributed by atoms with Crippen LogP contribution < -0.4 is 4.74 Å². The number of aromatic hydroxyl groups is 1. The Bertz CT molecular complexity index is 806. The molecule has 23 heavy (non-hydrogen) atoms. The molecule has 0 radical (unpaired) electrons. The molecule has 2 bridgehead atoms. The maximum absolute atomic E-state index is 12.6. The Morgan fingerprint density at radius 2 is 2.22 bits per heavy atom. The van der Waals surface area contributed by atoms with E-state index in [1.807, 2.05) is 6.07 Å². The second-order valence-corrected chi connectivity index (χ2v) is 8.34. The Morgan fingerprint density at radius 1 is 1.39 bits per heavy atom. The zero-order valence-corrected chi connectivity index (χ0v) is 13.0. The number of ether oxygens (including phenoxy) is 1. The van der Waals surface area contributed by atoms with Crippen LogP contribution in [0.5, 0.6) is 11.5 Å². The zero-order valence-electron chi connectivity index (χ0n) is 13.0. The number of carbonyl (C=O) groups is 1. The first-order valence-electron chi connectivity index (χ1n) is 8.40. The lowest BCUT2D eigenvalue weighted by molar-refractivity contribution is -0.165. The predicted octanol–water partition coefficient (Wildman–Crippen LogP) is 0.745. The van der Waals surface area contributed by atoms with Crippen LogP contribution >= 0.6 is 0 Å². The summed E-state index contributed by atoms with van der Waals surface area (Å²) in [5.74, 6) is 0.600. The summed E-state index contributed by atoms with van der Waals surface area (Å²) in [6, 6.07) is 3.71. The number of fused-ring (bicyclic) bond motifs is 1. The van der Waals surface area contributed by atoms with Crippen LogP contribution in [-0.2, 0) is 16.6 Å². The van der Waals surface area contributed by atoms with Crippen molar-refractivity contribution in [2.75, 3.05) is 13.6 Å². The highest BCUT2D eigenvalue weighted by Gasteiger charge is 2.82. The van der Waals surface area contributed by atoms with Crippen molar-refractivity contribution < 1.29 is 19.7 Å². The molecule has 5 aliphatic rings. The molecule has 3 aliphatic carbocycles. The SMILES string of the molecule is CN1C[C@]23Cc4ccc(O)c5c4[C@@]4(C2)[C@@H](O5)C(=O)CC[C@@]4(O)C13. The van der Waals surface area contributed by atoms with Gasteiger partial charge in [0.05, 0.1) is 11.0 Å². The molecule has 2 heterocycles. The Morgan fingerprint density at radius 3 is 3.00 bits per heavy atom. The normalized spacial score (nSPS) is 48.5. The van der Waals surface area contributed by atoms with Crippen molar-refractivity contribution in [2.45, 2.75) is 48.8 Å². The molecule has 1 saturated heterocycles. The highest BCUT2D eigenvalue weighted by molar-refractivity contribution is 5.90. The first kappa shape index (κ1) is 12.8. The summed E-state index contributed by atoms with van der Waals surface area (Å²) < 4.78 is 6.01. The van der Waals surface area contributed by atoms with Crippen LogP contribution in [0.25, 0.3) is 0 Å². The number of phenolic OH excluding ortho intramolecular Hbond substituents is 1. The molecule has 1 aromatic rings. The maximum Gasteiger partial charge on any atom is 0.174 e. The molecule has 0 aromatic heterocycles. The number of hydrogen-bond acceptors (Lipinski definition) is 5. The van der Waals surface area contributed by atoms with Crippen molar-refractivity contribution >= 4 is 5.78 Å². The van der Waals surface area contributed by atoms with E-state index in [1.165, 1.54) is 0 Å². The van der Waals surface area contributed by atoms with Crippen LogP contribution in [-0.4, -0.2) is 52.2 Å². The molecule has 5 nitrogen and oxygen atoms in total. The van der Waals surface area contributed by atoms with Gasteiger partial charge in [0.25, 0.3) is 0 Å². The van der Waals surface area contributed by atoms with E-state index in [-0.39, 0.29) is 23.0 Å². The van der Waals surface area contributed by atoms with Gasteiger partial charge in [-0.2, -0.15) is 0 Å². The number of likely N-dealkylation sites (N-methyl/N-ethyl adjacent to an activating group) is 1. The van der Waals surface area contributed by atoms with Gasteiger partial charge in [-0.3, -0.25) is 9.69 Å². The zero-order chi connectivity index (χ0) is 15.8. The lowest BCUT2D eigenvalue weighted by Gasteiger charge is -2.57. The highest BCUT2D eigenvalue weighted by atomic mass is 16.5. The second kappa shape index (κ2) is 3.28.